The number of anilines is 1. The quantitative estimate of drug-likeness (QED) is 0.434. The first-order valence-electron chi connectivity index (χ1n) is 12.8. The molecule has 0 radical (unpaired) electrons. The third-order valence-electron chi connectivity index (χ3n) is 7.38. The molecule has 0 bridgehead atoms. The molecule has 1 amide bonds. The second kappa shape index (κ2) is 9.99. The molecule has 36 heavy (non-hydrogen) atoms. The number of pyridine rings is 1. The van der Waals surface area contributed by atoms with Crippen LogP contribution in [0.25, 0.3) is 31.9 Å². The molecule has 2 N–H and O–H groups in total. The molecule has 2 saturated heterocycles. The lowest BCUT2D eigenvalue weighted by molar-refractivity contribution is -0.133. The van der Waals surface area contributed by atoms with E-state index in [9.17, 15) is 4.79 Å². The number of hydrogen-bond donors (Lipinski definition) is 1. The standard InChI is InChI=1S/C27H31N7OS/c28-26-22(27-31-23-6-2-3-7-24(23)36-27)14-19(15-29-26)20-16-30-34(17-20)21-8-12-32(13-9-21)18-25(35)33-10-4-1-5-11-33/h2-3,6-7,14-17,21H,1,4-5,8-13,18H2,(H2,28,29). The first kappa shape index (κ1) is 23.1. The summed E-state index contributed by atoms with van der Waals surface area (Å²) in [6.07, 6.45) is 11.3. The van der Waals surface area contributed by atoms with E-state index in [1.165, 1.54) is 6.42 Å². The van der Waals surface area contributed by atoms with E-state index in [2.05, 4.69) is 38.0 Å². The molecule has 2 aliphatic heterocycles. The predicted molar refractivity (Wildman–Crippen MR) is 144 cm³/mol. The van der Waals surface area contributed by atoms with Crippen LogP contribution < -0.4 is 5.73 Å². The van der Waals surface area contributed by atoms with Crippen molar-refractivity contribution in [2.24, 2.45) is 0 Å². The number of para-hydroxylation sites is 1. The fourth-order valence-corrected chi connectivity index (χ4v) is 6.25. The van der Waals surface area contributed by atoms with Crippen LogP contribution in [-0.2, 0) is 4.79 Å². The first-order chi connectivity index (χ1) is 17.6. The minimum atomic E-state index is 0.286. The topological polar surface area (TPSA) is 93.2 Å². The van der Waals surface area contributed by atoms with E-state index >= 15 is 0 Å². The first-order valence-corrected chi connectivity index (χ1v) is 13.6. The van der Waals surface area contributed by atoms with Gasteiger partial charge in [0, 0.05) is 49.7 Å². The van der Waals surface area contributed by atoms with E-state index in [0.29, 0.717) is 18.4 Å². The summed E-state index contributed by atoms with van der Waals surface area (Å²) in [7, 11) is 0. The van der Waals surface area contributed by atoms with Crippen LogP contribution in [0.3, 0.4) is 0 Å². The fraction of sp³-hybridized carbons (Fsp3) is 0.407. The highest BCUT2D eigenvalue weighted by molar-refractivity contribution is 7.21. The maximum atomic E-state index is 12.6. The molecule has 1 aromatic carbocycles. The third kappa shape index (κ3) is 4.73. The van der Waals surface area contributed by atoms with Gasteiger partial charge < -0.3 is 10.6 Å². The predicted octanol–water partition coefficient (Wildman–Crippen LogP) is 4.45. The number of fused-ring (bicyclic) bond motifs is 1. The minimum Gasteiger partial charge on any atom is -0.383 e. The largest absolute Gasteiger partial charge is 0.383 e. The Hall–Kier alpha value is -3.30. The summed E-state index contributed by atoms with van der Waals surface area (Å²) in [5.74, 6) is 0.769. The Labute approximate surface area is 214 Å². The number of carbonyl (C=O) groups excluding carboxylic acids is 1. The van der Waals surface area contributed by atoms with Crippen molar-refractivity contribution < 1.29 is 4.79 Å². The molecule has 0 aliphatic carbocycles. The van der Waals surface area contributed by atoms with Gasteiger partial charge in [-0.15, -0.1) is 11.3 Å². The number of hydrogen-bond acceptors (Lipinski definition) is 7. The van der Waals surface area contributed by atoms with Crippen molar-refractivity contribution in [3.8, 4) is 21.7 Å². The van der Waals surface area contributed by atoms with Crippen molar-refractivity contribution in [1.29, 1.82) is 0 Å². The van der Waals surface area contributed by atoms with Gasteiger partial charge >= 0.3 is 0 Å². The number of rotatable bonds is 5. The van der Waals surface area contributed by atoms with Crippen LogP contribution in [-0.4, -0.2) is 68.2 Å². The van der Waals surface area contributed by atoms with Crippen LogP contribution in [0.4, 0.5) is 5.82 Å². The van der Waals surface area contributed by atoms with E-state index in [1.807, 2.05) is 35.5 Å². The number of likely N-dealkylation sites (tertiary alicyclic amines) is 2. The number of nitrogen functional groups attached to an aromatic ring is 1. The van der Waals surface area contributed by atoms with E-state index in [-0.39, 0.29) is 5.91 Å². The van der Waals surface area contributed by atoms with Gasteiger partial charge in [0.2, 0.25) is 5.91 Å². The Kier molecular flexibility index (Phi) is 6.41. The van der Waals surface area contributed by atoms with Crippen LogP contribution in [0.5, 0.6) is 0 Å². The molecule has 186 valence electrons. The van der Waals surface area contributed by atoms with Crippen molar-refractivity contribution in [3.05, 3.63) is 48.9 Å². The Morgan fingerprint density at radius 2 is 1.83 bits per heavy atom. The molecule has 2 fully saturated rings. The summed E-state index contributed by atoms with van der Waals surface area (Å²) in [4.78, 5) is 26.2. The van der Waals surface area contributed by atoms with Gasteiger partial charge in [0.15, 0.2) is 0 Å². The summed E-state index contributed by atoms with van der Waals surface area (Å²) in [5.41, 5.74) is 10.1. The van der Waals surface area contributed by atoms with Crippen LogP contribution in [0, 0.1) is 0 Å². The molecular weight excluding hydrogens is 470 g/mol. The van der Waals surface area contributed by atoms with Gasteiger partial charge in [-0.05, 0) is 50.3 Å². The number of aromatic nitrogens is 4. The van der Waals surface area contributed by atoms with Crippen LogP contribution in [0.1, 0.15) is 38.1 Å². The molecule has 6 rings (SSSR count). The number of piperidine rings is 2. The Morgan fingerprint density at radius 1 is 1.03 bits per heavy atom. The fourth-order valence-electron chi connectivity index (χ4n) is 5.26. The summed E-state index contributed by atoms with van der Waals surface area (Å²) < 4.78 is 3.21. The molecule has 9 heteroatoms. The van der Waals surface area contributed by atoms with Gasteiger partial charge in [-0.25, -0.2) is 9.97 Å². The second-order valence-corrected chi connectivity index (χ2v) is 10.8. The van der Waals surface area contributed by atoms with Crippen molar-refractivity contribution in [3.63, 3.8) is 0 Å². The molecule has 5 heterocycles. The number of amides is 1. The number of thiazole rings is 1. The zero-order chi connectivity index (χ0) is 24.5. The Morgan fingerprint density at radius 3 is 2.64 bits per heavy atom. The van der Waals surface area contributed by atoms with E-state index < -0.39 is 0 Å². The number of carbonyl (C=O) groups is 1. The highest BCUT2D eigenvalue weighted by atomic mass is 32.1. The van der Waals surface area contributed by atoms with Crippen LogP contribution in [0.15, 0.2) is 48.9 Å². The molecule has 3 aromatic heterocycles. The summed E-state index contributed by atoms with van der Waals surface area (Å²) in [6.45, 7) is 4.23. The van der Waals surface area contributed by atoms with Gasteiger partial charge in [0.05, 0.1) is 34.6 Å². The van der Waals surface area contributed by atoms with Crippen LogP contribution >= 0.6 is 11.3 Å². The molecule has 0 spiro atoms. The second-order valence-electron chi connectivity index (χ2n) is 9.80. The molecule has 0 unspecified atom stereocenters. The SMILES string of the molecule is Nc1ncc(-c2cnn(C3CCN(CC(=O)N4CCCCC4)CC3)c2)cc1-c1nc2ccccc2s1. The minimum absolute atomic E-state index is 0.286. The average Bonchev–Trinajstić information content (AvgIpc) is 3.58. The smallest absolute Gasteiger partial charge is 0.236 e. The molecular formula is C27H31N7OS. The van der Waals surface area contributed by atoms with Crippen molar-refractivity contribution in [1.82, 2.24) is 29.5 Å². The van der Waals surface area contributed by atoms with Crippen LogP contribution in [0.2, 0.25) is 0 Å². The monoisotopic (exact) mass is 501 g/mol. The highest BCUT2D eigenvalue weighted by Gasteiger charge is 2.25. The highest BCUT2D eigenvalue weighted by Crippen LogP contribution is 2.35. The lowest BCUT2D eigenvalue weighted by Crippen LogP contribution is -2.45. The molecule has 8 nitrogen and oxygen atoms in total. The Bertz CT molecular complexity index is 1330. The molecule has 0 atom stereocenters. The maximum Gasteiger partial charge on any atom is 0.236 e. The summed E-state index contributed by atoms with van der Waals surface area (Å²) in [5, 5.41) is 5.56. The molecule has 2 aliphatic rings. The number of nitrogens with two attached hydrogens (primary N) is 1. The van der Waals surface area contributed by atoms with Crippen molar-refractivity contribution in [2.45, 2.75) is 38.1 Å². The summed E-state index contributed by atoms with van der Waals surface area (Å²) >= 11 is 1.63. The van der Waals surface area contributed by atoms with Gasteiger partial charge in [-0.2, -0.15) is 5.10 Å². The van der Waals surface area contributed by atoms with Crippen molar-refractivity contribution in [2.75, 3.05) is 38.5 Å². The molecule has 4 aromatic rings. The number of nitrogens with zero attached hydrogens (tertiary/aromatic N) is 6. The molecule has 0 saturated carbocycles. The Balaban J connectivity index is 1.12. The zero-order valence-corrected chi connectivity index (χ0v) is 21.2. The van der Waals surface area contributed by atoms with Gasteiger partial charge in [-0.1, -0.05) is 12.1 Å². The lowest BCUT2D eigenvalue weighted by Gasteiger charge is -2.34. The number of benzene rings is 1. The lowest BCUT2D eigenvalue weighted by atomic mass is 10.0. The average molecular weight is 502 g/mol. The maximum absolute atomic E-state index is 12.6. The summed E-state index contributed by atoms with van der Waals surface area (Å²) in [6, 6.07) is 10.5. The third-order valence-corrected chi connectivity index (χ3v) is 8.45. The van der Waals surface area contributed by atoms with Gasteiger partial charge in [0.25, 0.3) is 0 Å². The van der Waals surface area contributed by atoms with E-state index in [1.54, 1.807) is 11.3 Å². The van der Waals surface area contributed by atoms with E-state index in [0.717, 1.165) is 83.8 Å². The van der Waals surface area contributed by atoms with Gasteiger partial charge in [-0.3, -0.25) is 14.4 Å². The normalized spacial score (nSPS) is 17.6. The van der Waals surface area contributed by atoms with E-state index in [4.69, 9.17) is 10.7 Å². The van der Waals surface area contributed by atoms with Crippen molar-refractivity contribution >= 4 is 33.3 Å². The van der Waals surface area contributed by atoms with Gasteiger partial charge in [0.1, 0.15) is 10.8 Å². The zero-order valence-electron chi connectivity index (χ0n) is 20.3.